The predicted octanol–water partition coefficient (Wildman–Crippen LogP) is 2.01. The molecular formula is C19H21N3O2. The lowest BCUT2D eigenvalue weighted by Crippen LogP contribution is -2.37. The van der Waals surface area contributed by atoms with E-state index in [0.29, 0.717) is 13.2 Å². The van der Waals surface area contributed by atoms with Gasteiger partial charge >= 0.3 is 0 Å². The first-order valence-electron chi connectivity index (χ1n) is 8.32. The summed E-state index contributed by atoms with van der Waals surface area (Å²) in [6.45, 7) is 1.87. The molecule has 1 aromatic heterocycles. The van der Waals surface area contributed by atoms with E-state index >= 15 is 0 Å². The van der Waals surface area contributed by atoms with Crippen molar-refractivity contribution in [3.8, 4) is 5.75 Å². The van der Waals surface area contributed by atoms with Gasteiger partial charge in [0.25, 0.3) is 0 Å². The van der Waals surface area contributed by atoms with Gasteiger partial charge in [-0.2, -0.15) is 0 Å². The molecule has 1 saturated heterocycles. The van der Waals surface area contributed by atoms with Crippen LogP contribution in [0.15, 0.2) is 48.8 Å². The highest BCUT2D eigenvalue weighted by atomic mass is 16.5. The van der Waals surface area contributed by atoms with Crippen molar-refractivity contribution in [1.29, 1.82) is 0 Å². The first kappa shape index (κ1) is 15.1. The average Bonchev–Trinajstić information content (AvgIpc) is 2.98. The van der Waals surface area contributed by atoms with Crippen LogP contribution in [-0.2, 0) is 11.3 Å². The molecule has 1 fully saturated rings. The molecule has 124 valence electrons. The molecule has 0 aliphatic carbocycles. The predicted molar refractivity (Wildman–Crippen MR) is 90.4 cm³/mol. The summed E-state index contributed by atoms with van der Waals surface area (Å²) >= 11 is 0. The zero-order valence-electron chi connectivity index (χ0n) is 13.7. The molecule has 3 atom stereocenters. The van der Waals surface area contributed by atoms with Crippen LogP contribution in [-0.4, -0.2) is 36.0 Å². The molecule has 1 amide bonds. The molecule has 0 spiro atoms. The average molecular weight is 323 g/mol. The number of aromatic nitrogens is 1. The highest BCUT2D eigenvalue weighted by Gasteiger charge is 2.47. The van der Waals surface area contributed by atoms with Crippen LogP contribution in [0, 0.1) is 11.8 Å². The molecule has 4 rings (SSSR count). The first-order valence-corrected chi connectivity index (χ1v) is 8.32. The van der Waals surface area contributed by atoms with E-state index in [4.69, 9.17) is 4.74 Å². The van der Waals surface area contributed by atoms with Crippen molar-refractivity contribution in [3.63, 3.8) is 0 Å². The molecule has 5 heteroatoms. The highest BCUT2D eigenvalue weighted by Crippen LogP contribution is 2.46. The van der Waals surface area contributed by atoms with Crippen molar-refractivity contribution in [2.75, 3.05) is 20.2 Å². The second-order valence-corrected chi connectivity index (χ2v) is 6.58. The van der Waals surface area contributed by atoms with E-state index in [1.807, 2.05) is 30.3 Å². The quantitative estimate of drug-likeness (QED) is 0.939. The van der Waals surface area contributed by atoms with Crippen LogP contribution in [0.3, 0.4) is 0 Å². The second kappa shape index (κ2) is 6.24. The minimum absolute atomic E-state index is 0.0509. The number of nitrogens with zero attached hydrogens (tertiary/aromatic N) is 2. The van der Waals surface area contributed by atoms with Crippen LogP contribution in [0.1, 0.15) is 17.2 Å². The maximum atomic E-state index is 12.7. The van der Waals surface area contributed by atoms with Gasteiger partial charge in [-0.1, -0.05) is 24.3 Å². The Balaban J connectivity index is 1.49. The number of pyridine rings is 1. The largest absolute Gasteiger partial charge is 0.493 e. The maximum Gasteiger partial charge on any atom is 0.225 e. The van der Waals surface area contributed by atoms with E-state index in [2.05, 4.69) is 28.3 Å². The van der Waals surface area contributed by atoms with Crippen molar-refractivity contribution in [3.05, 3.63) is 59.9 Å². The van der Waals surface area contributed by atoms with Gasteiger partial charge in [-0.05, 0) is 24.7 Å². The van der Waals surface area contributed by atoms with Crippen LogP contribution in [0.2, 0.25) is 0 Å². The van der Waals surface area contributed by atoms with Crippen LogP contribution >= 0.6 is 0 Å². The maximum absolute atomic E-state index is 12.7. The third-order valence-corrected chi connectivity index (χ3v) is 5.08. The summed E-state index contributed by atoms with van der Waals surface area (Å²) in [5.41, 5.74) is 2.21. The van der Waals surface area contributed by atoms with Gasteiger partial charge in [0.1, 0.15) is 5.75 Å². The van der Waals surface area contributed by atoms with Gasteiger partial charge < -0.3 is 10.1 Å². The van der Waals surface area contributed by atoms with E-state index in [-0.39, 0.29) is 23.8 Å². The smallest absolute Gasteiger partial charge is 0.225 e. The van der Waals surface area contributed by atoms with Gasteiger partial charge in [0.2, 0.25) is 5.91 Å². The Kier molecular flexibility index (Phi) is 3.94. The molecule has 2 aromatic rings. The minimum atomic E-state index is -0.0509. The molecule has 2 aliphatic rings. The molecule has 0 radical (unpaired) electrons. The minimum Gasteiger partial charge on any atom is -0.493 e. The zero-order chi connectivity index (χ0) is 16.5. The number of carbonyl (C=O) groups excluding carboxylic acids is 1. The molecule has 1 aromatic carbocycles. The van der Waals surface area contributed by atoms with Crippen LogP contribution in [0.5, 0.6) is 5.75 Å². The summed E-state index contributed by atoms with van der Waals surface area (Å²) in [4.78, 5) is 19.1. The standard InChI is InChI=1S/C19H21N3O2/c1-22-11-15(19(23)21-10-13-5-4-8-20-9-13)16-12-24-17-7-3-2-6-14(17)18(16)22/h2-9,15-16,18H,10-12H2,1H3,(H,21,23)/t15-,16+,18+/m1/s1. The second-order valence-electron chi connectivity index (χ2n) is 6.58. The zero-order valence-corrected chi connectivity index (χ0v) is 13.7. The van der Waals surface area contributed by atoms with Gasteiger partial charge in [-0.15, -0.1) is 0 Å². The monoisotopic (exact) mass is 323 g/mol. The Morgan fingerprint density at radius 1 is 1.33 bits per heavy atom. The van der Waals surface area contributed by atoms with E-state index in [0.717, 1.165) is 17.9 Å². The Labute approximate surface area is 141 Å². The molecule has 3 heterocycles. The van der Waals surface area contributed by atoms with Crippen molar-refractivity contribution >= 4 is 5.91 Å². The number of likely N-dealkylation sites (tertiary alicyclic amines) is 1. The summed E-state index contributed by atoms with van der Waals surface area (Å²) in [7, 11) is 2.09. The van der Waals surface area contributed by atoms with Gasteiger partial charge in [0, 0.05) is 43.0 Å². The molecule has 5 nitrogen and oxygen atoms in total. The number of hydrogen-bond acceptors (Lipinski definition) is 4. The number of fused-ring (bicyclic) bond motifs is 3. The summed E-state index contributed by atoms with van der Waals surface area (Å²) in [6.07, 6.45) is 3.52. The Bertz CT molecular complexity index is 734. The molecule has 0 unspecified atom stereocenters. The Morgan fingerprint density at radius 2 is 2.21 bits per heavy atom. The first-order chi connectivity index (χ1) is 11.7. The van der Waals surface area contributed by atoms with Crippen molar-refractivity contribution in [2.45, 2.75) is 12.6 Å². The Hall–Kier alpha value is -2.40. The molecule has 0 bridgehead atoms. The third-order valence-electron chi connectivity index (χ3n) is 5.08. The fourth-order valence-electron chi connectivity index (χ4n) is 3.92. The van der Waals surface area contributed by atoms with E-state index in [9.17, 15) is 4.79 Å². The summed E-state index contributed by atoms with van der Waals surface area (Å²) in [5, 5.41) is 3.06. The fraction of sp³-hybridized carbons (Fsp3) is 0.368. The number of para-hydroxylation sites is 1. The molecule has 24 heavy (non-hydrogen) atoms. The molecule has 1 N–H and O–H groups in total. The highest BCUT2D eigenvalue weighted by molar-refractivity contribution is 5.80. The number of rotatable bonds is 3. The number of benzene rings is 1. The Morgan fingerprint density at radius 3 is 3.04 bits per heavy atom. The van der Waals surface area contributed by atoms with Crippen LogP contribution in [0.25, 0.3) is 0 Å². The summed E-state index contributed by atoms with van der Waals surface area (Å²) in [5.74, 6) is 1.19. The topological polar surface area (TPSA) is 54.5 Å². The van der Waals surface area contributed by atoms with E-state index < -0.39 is 0 Å². The lowest BCUT2D eigenvalue weighted by molar-refractivity contribution is -0.126. The van der Waals surface area contributed by atoms with E-state index in [1.54, 1.807) is 12.4 Å². The number of amides is 1. The summed E-state index contributed by atoms with van der Waals surface area (Å²) in [6, 6.07) is 12.3. The normalized spacial score (nSPS) is 25.5. The lowest BCUT2D eigenvalue weighted by Gasteiger charge is -2.32. The van der Waals surface area contributed by atoms with Crippen molar-refractivity contribution in [2.24, 2.45) is 11.8 Å². The van der Waals surface area contributed by atoms with Gasteiger partial charge in [-0.3, -0.25) is 14.7 Å². The lowest BCUT2D eigenvalue weighted by atomic mass is 9.85. The van der Waals surface area contributed by atoms with Gasteiger partial charge in [-0.25, -0.2) is 0 Å². The van der Waals surface area contributed by atoms with Crippen LogP contribution in [0.4, 0.5) is 0 Å². The number of ether oxygens (including phenoxy) is 1. The third kappa shape index (κ3) is 2.65. The van der Waals surface area contributed by atoms with Crippen molar-refractivity contribution in [1.82, 2.24) is 15.2 Å². The van der Waals surface area contributed by atoms with Gasteiger partial charge in [0.15, 0.2) is 0 Å². The van der Waals surface area contributed by atoms with Gasteiger partial charge in [0.05, 0.1) is 12.5 Å². The number of nitrogens with one attached hydrogen (secondary N) is 1. The number of carbonyl (C=O) groups is 1. The molecule has 2 aliphatic heterocycles. The number of hydrogen-bond donors (Lipinski definition) is 1. The van der Waals surface area contributed by atoms with E-state index in [1.165, 1.54) is 5.56 Å². The molecule has 0 saturated carbocycles. The van der Waals surface area contributed by atoms with Crippen LogP contribution < -0.4 is 10.1 Å². The fourth-order valence-corrected chi connectivity index (χ4v) is 3.92. The summed E-state index contributed by atoms with van der Waals surface area (Å²) < 4.78 is 5.91. The SMILES string of the molecule is CN1C[C@@H](C(=O)NCc2cccnc2)[C@@H]2COc3ccccc3[C@@H]21. The van der Waals surface area contributed by atoms with Crippen molar-refractivity contribution < 1.29 is 9.53 Å². The molecular weight excluding hydrogens is 302 g/mol.